The van der Waals surface area contributed by atoms with Crippen LogP contribution in [-0.2, 0) is 22.4 Å². The average Bonchev–Trinajstić information content (AvgIpc) is 3.28. The fraction of sp³-hybridized carbons (Fsp3) is 0.625. The van der Waals surface area contributed by atoms with Crippen LogP contribution in [0.2, 0.25) is 0 Å². The Hall–Kier alpha value is -2.21. The predicted octanol–water partition coefficient (Wildman–Crippen LogP) is 4.16. The Bertz CT molecular complexity index is 786. The number of hydrogen-bond donors (Lipinski definition) is 0. The Morgan fingerprint density at radius 1 is 1.10 bits per heavy atom. The van der Waals surface area contributed by atoms with Crippen molar-refractivity contribution < 1.29 is 14.1 Å². The molecule has 1 aromatic heterocycles. The molecule has 1 unspecified atom stereocenters. The molecule has 2 fully saturated rings. The predicted molar refractivity (Wildman–Crippen MR) is 114 cm³/mol. The molecule has 0 N–H and O–H groups in total. The monoisotopic (exact) mass is 411 g/mol. The number of nitrogens with zero attached hydrogens (tertiary/aromatic N) is 3. The first-order chi connectivity index (χ1) is 14.8. The maximum atomic E-state index is 12.7. The second-order valence-electron chi connectivity index (χ2n) is 8.66. The zero-order chi connectivity index (χ0) is 20.6. The Morgan fingerprint density at radius 3 is 2.77 bits per heavy atom. The van der Waals surface area contributed by atoms with Crippen LogP contribution in [-0.4, -0.2) is 47.3 Å². The fourth-order valence-corrected chi connectivity index (χ4v) is 4.59. The molecule has 162 valence electrons. The van der Waals surface area contributed by atoms with Crippen molar-refractivity contribution >= 4 is 5.91 Å². The number of likely N-dealkylation sites (tertiary alicyclic amines) is 1. The van der Waals surface area contributed by atoms with Crippen LogP contribution in [0.1, 0.15) is 68.1 Å². The molecule has 0 bridgehead atoms. The Balaban J connectivity index is 1.19. The van der Waals surface area contributed by atoms with Crippen LogP contribution in [0.4, 0.5) is 0 Å². The molecule has 2 aromatic rings. The van der Waals surface area contributed by atoms with Crippen molar-refractivity contribution in [3.05, 3.63) is 47.6 Å². The molecule has 2 aliphatic rings. The van der Waals surface area contributed by atoms with E-state index in [1.165, 1.54) is 12.0 Å². The summed E-state index contributed by atoms with van der Waals surface area (Å²) in [7, 11) is 0. The number of piperidine rings is 1. The first-order valence-electron chi connectivity index (χ1n) is 11.5. The van der Waals surface area contributed by atoms with E-state index in [1.807, 2.05) is 6.07 Å². The molecule has 4 rings (SSSR count). The van der Waals surface area contributed by atoms with Crippen LogP contribution in [0.5, 0.6) is 0 Å². The van der Waals surface area contributed by atoms with E-state index in [4.69, 9.17) is 9.26 Å². The Kier molecular flexibility index (Phi) is 7.51. The number of hydrogen-bond acceptors (Lipinski definition) is 5. The van der Waals surface area contributed by atoms with E-state index in [0.717, 1.165) is 83.0 Å². The minimum absolute atomic E-state index is 0.303. The smallest absolute Gasteiger partial charge is 0.229 e. The SMILES string of the molecule is O=C(CCCc1ccccc1)N1CCCC(CCc2noc(C3CCOCC3)n2)C1. The topological polar surface area (TPSA) is 68.5 Å². The zero-order valence-electron chi connectivity index (χ0n) is 17.8. The van der Waals surface area contributed by atoms with Gasteiger partial charge in [-0.2, -0.15) is 4.98 Å². The van der Waals surface area contributed by atoms with E-state index in [2.05, 4.69) is 39.3 Å². The van der Waals surface area contributed by atoms with Gasteiger partial charge in [0.1, 0.15) is 0 Å². The number of carbonyl (C=O) groups is 1. The van der Waals surface area contributed by atoms with Crippen LogP contribution in [0, 0.1) is 5.92 Å². The summed E-state index contributed by atoms with van der Waals surface area (Å²) in [4.78, 5) is 19.4. The molecule has 3 heterocycles. The number of amides is 1. The molecule has 30 heavy (non-hydrogen) atoms. The summed E-state index contributed by atoms with van der Waals surface area (Å²) in [6.45, 7) is 3.32. The van der Waals surface area contributed by atoms with Gasteiger partial charge in [-0.1, -0.05) is 35.5 Å². The molecule has 6 heteroatoms. The lowest BCUT2D eigenvalue weighted by molar-refractivity contribution is -0.133. The minimum Gasteiger partial charge on any atom is -0.381 e. The molecule has 2 aliphatic heterocycles. The van der Waals surface area contributed by atoms with Gasteiger partial charge in [-0.3, -0.25) is 4.79 Å². The van der Waals surface area contributed by atoms with Gasteiger partial charge in [-0.25, -0.2) is 0 Å². The number of rotatable bonds is 8. The number of aromatic nitrogens is 2. The second-order valence-corrected chi connectivity index (χ2v) is 8.66. The van der Waals surface area contributed by atoms with Crippen molar-refractivity contribution in [1.82, 2.24) is 15.0 Å². The van der Waals surface area contributed by atoms with Gasteiger partial charge in [0.25, 0.3) is 0 Å². The van der Waals surface area contributed by atoms with Crippen LogP contribution in [0.15, 0.2) is 34.9 Å². The molecule has 1 amide bonds. The molecule has 0 aliphatic carbocycles. The maximum absolute atomic E-state index is 12.7. The van der Waals surface area contributed by atoms with E-state index in [1.54, 1.807) is 0 Å². The summed E-state index contributed by atoms with van der Waals surface area (Å²) in [6.07, 6.45) is 8.57. The summed E-state index contributed by atoms with van der Waals surface area (Å²) in [5.41, 5.74) is 1.31. The molecule has 0 saturated carbocycles. The molecule has 0 spiro atoms. The van der Waals surface area contributed by atoms with E-state index in [0.29, 0.717) is 24.2 Å². The second kappa shape index (κ2) is 10.7. The minimum atomic E-state index is 0.303. The van der Waals surface area contributed by atoms with E-state index in [-0.39, 0.29) is 0 Å². The molecular weight excluding hydrogens is 378 g/mol. The van der Waals surface area contributed by atoms with Gasteiger partial charge in [0.05, 0.1) is 0 Å². The highest BCUT2D eigenvalue weighted by molar-refractivity contribution is 5.76. The lowest BCUT2D eigenvalue weighted by atomic mass is 9.93. The normalized spacial score (nSPS) is 20.4. The van der Waals surface area contributed by atoms with Gasteiger partial charge in [-0.05, 0) is 56.4 Å². The molecule has 2 saturated heterocycles. The third kappa shape index (κ3) is 5.91. The van der Waals surface area contributed by atoms with Crippen molar-refractivity contribution in [1.29, 1.82) is 0 Å². The molecule has 1 atom stereocenters. The Morgan fingerprint density at radius 2 is 1.93 bits per heavy atom. The molecule has 1 aromatic carbocycles. The summed E-state index contributed by atoms with van der Waals surface area (Å²) >= 11 is 0. The van der Waals surface area contributed by atoms with E-state index in [9.17, 15) is 4.79 Å². The van der Waals surface area contributed by atoms with Gasteiger partial charge in [0, 0.05) is 45.1 Å². The van der Waals surface area contributed by atoms with Gasteiger partial charge in [0.15, 0.2) is 5.82 Å². The van der Waals surface area contributed by atoms with Crippen molar-refractivity contribution in [3.8, 4) is 0 Å². The van der Waals surface area contributed by atoms with Gasteiger partial charge in [-0.15, -0.1) is 0 Å². The quantitative estimate of drug-likeness (QED) is 0.652. The van der Waals surface area contributed by atoms with Crippen molar-refractivity contribution in [2.75, 3.05) is 26.3 Å². The summed E-state index contributed by atoms with van der Waals surface area (Å²) in [5, 5.41) is 4.19. The average molecular weight is 412 g/mol. The number of ether oxygens (including phenoxy) is 1. The lowest BCUT2D eigenvalue weighted by Crippen LogP contribution is -2.40. The lowest BCUT2D eigenvalue weighted by Gasteiger charge is -2.32. The van der Waals surface area contributed by atoms with E-state index < -0.39 is 0 Å². The number of benzene rings is 1. The third-order valence-corrected chi connectivity index (χ3v) is 6.40. The van der Waals surface area contributed by atoms with Gasteiger partial charge >= 0.3 is 0 Å². The van der Waals surface area contributed by atoms with Gasteiger partial charge < -0.3 is 14.2 Å². The van der Waals surface area contributed by atoms with Crippen molar-refractivity contribution in [2.24, 2.45) is 5.92 Å². The van der Waals surface area contributed by atoms with Crippen molar-refractivity contribution in [3.63, 3.8) is 0 Å². The van der Waals surface area contributed by atoms with Gasteiger partial charge in [0.2, 0.25) is 11.8 Å². The summed E-state index contributed by atoms with van der Waals surface area (Å²) < 4.78 is 10.9. The fourth-order valence-electron chi connectivity index (χ4n) is 4.59. The zero-order valence-corrected chi connectivity index (χ0v) is 17.8. The first-order valence-corrected chi connectivity index (χ1v) is 11.5. The Labute approximate surface area is 179 Å². The van der Waals surface area contributed by atoms with Crippen LogP contribution in [0.25, 0.3) is 0 Å². The first kappa shape index (κ1) is 21.0. The summed E-state index contributed by atoms with van der Waals surface area (Å²) in [5.74, 6) is 2.76. The largest absolute Gasteiger partial charge is 0.381 e. The maximum Gasteiger partial charge on any atom is 0.229 e. The third-order valence-electron chi connectivity index (χ3n) is 6.40. The standard InChI is InChI=1S/C24H33N3O3/c28-23(10-4-8-19-6-2-1-3-7-19)27-15-5-9-20(18-27)11-12-22-25-24(30-26-22)21-13-16-29-17-14-21/h1-3,6-7,20-21H,4-5,8-18H2. The number of carbonyl (C=O) groups excluding carboxylic acids is 1. The summed E-state index contributed by atoms with van der Waals surface area (Å²) in [6, 6.07) is 10.4. The van der Waals surface area contributed by atoms with E-state index >= 15 is 0 Å². The molecule has 6 nitrogen and oxygen atoms in total. The highest BCUT2D eigenvalue weighted by Gasteiger charge is 2.25. The van der Waals surface area contributed by atoms with Crippen LogP contribution in [0.3, 0.4) is 0 Å². The van der Waals surface area contributed by atoms with Crippen LogP contribution >= 0.6 is 0 Å². The number of aryl methyl sites for hydroxylation is 2. The van der Waals surface area contributed by atoms with Crippen LogP contribution < -0.4 is 0 Å². The van der Waals surface area contributed by atoms with Crippen molar-refractivity contribution in [2.45, 2.75) is 63.7 Å². The highest BCUT2D eigenvalue weighted by Crippen LogP contribution is 2.26. The highest BCUT2D eigenvalue weighted by atomic mass is 16.5. The molecular formula is C24H33N3O3. The molecule has 0 radical (unpaired) electrons.